The third-order valence-electron chi connectivity index (χ3n) is 5.76. The van der Waals surface area contributed by atoms with Gasteiger partial charge >= 0.3 is 12.1 Å². The molecule has 0 spiro atoms. The summed E-state index contributed by atoms with van der Waals surface area (Å²) in [6.45, 7) is 9.37. The molecule has 0 radical (unpaired) electrons. The van der Waals surface area contributed by atoms with E-state index >= 15 is 0 Å². The van der Waals surface area contributed by atoms with E-state index in [1.807, 2.05) is 0 Å². The van der Waals surface area contributed by atoms with Crippen LogP contribution < -0.4 is 10.6 Å². The van der Waals surface area contributed by atoms with Crippen LogP contribution in [0.3, 0.4) is 0 Å². The number of carbonyl (C=O) groups excluding carboxylic acids is 4. The maximum atomic E-state index is 13.7. The van der Waals surface area contributed by atoms with E-state index in [0.717, 1.165) is 0 Å². The largest absolute Gasteiger partial charge is 0.451 e. The molecule has 3 amide bonds. The van der Waals surface area contributed by atoms with Gasteiger partial charge in [-0.1, -0.05) is 39.8 Å². The van der Waals surface area contributed by atoms with E-state index in [9.17, 15) is 32.3 Å². The lowest BCUT2D eigenvalue weighted by atomic mass is 10.0. The molecule has 13 heteroatoms. The third kappa shape index (κ3) is 7.56. The van der Waals surface area contributed by atoms with Gasteiger partial charge in [0.2, 0.25) is 17.6 Å². The highest BCUT2D eigenvalue weighted by molar-refractivity contribution is 5.97. The van der Waals surface area contributed by atoms with Gasteiger partial charge in [-0.2, -0.15) is 13.2 Å². The Morgan fingerprint density at radius 1 is 1.22 bits per heavy atom. The van der Waals surface area contributed by atoms with Crippen molar-refractivity contribution in [2.45, 2.75) is 79.1 Å². The van der Waals surface area contributed by atoms with Gasteiger partial charge in [-0.15, -0.1) is 0 Å². The molecule has 0 aliphatic carbocycles. The van der Waals surface area contributed by atoms with E-state index < -0.39 is 59.3 Å². The summed E-state index contributed by atoms with van der Waals surface area (Å²) in [7, 11) is 0. The van der Waals surface area contributed by atoms with Gasteiger partial charge in [0, 0.05) is 19.0 Å². The Labute approximate surface area is 212 Å². The van der Waals surface area contributed by atoms with Crippen LogP contribution in [0.15, 0.2) is 22.0 Å². The number of nitrogens with zero attached hydrogens (tertiary/aromatic N) is 2. The lowest BCUT2D eigenvalue weighted by molar-refractivity contribution is -0.161. The molecule has 1 aromatic heterocycles. The average Bonchev–Trinajstić information content (AvgIpc) is 3.47. The highest BCUT2D eigenvalue weighted by Crippen LogP contribution is 2.32. The van der Waals surface area contributed by atoms with Crippen LogP contribution in [0.2, 0.25) is 0 Å². The first-order valence-corrected chi connectivity index (χ1v) is 12.0. The van der Waals surface area contributed by atoms with Crippen LogP contribution in [0.1, 0.15) is 70.1 Å². The molecule has 0 saturated carbocycles. The SMILES string of the molecule is CCC(=O)O/C(=C(/NC(=O)[C@@H]1CCCN1C(=O)[C@@H](NC(=O)c1cc(C)on1)C(C)C)C(C)C)C(F)(F)F. The van der Waals surface area contributed by atoms with Gasteiger partial charge in [0.25, 0.3) is 5.91 Å². The Hall–Kier alpha value is -3.38. The smallest absolute Gasteiger partial charge is 0.419 e. The van der Waals surface area contributed by atoms with Gasteiger partial charge in [-0.25, -0.2) is 0 Å². The molecule has 1 fully saturated rings. The molecule has 10 nitrogen and oxygen atoms in total. The number of likely N-dealkylation sites (tertiary alicyclic amines) is 1. The number of ether oxygens (including phenoxy) is 1. The standard InChI is InChI=1S/C24H33F3N4O6/c1-7-17(32)36-20(24(25,26)27)18(12(2)3)28-22(34)16-9-8-10-31(16)23(35)19(13(4)5)29-21(33)15-11-14(6)37-30-15/h11-13,16,19H,7-10H2,1-6H3,(H,28,34)(H,29,33)/b20-18+/t16-,19-/m0/s1. The van der Waals surface area contributed by atoms with Gasteiger partial charge < -0.3 is 24.8 Å². The molecule has 1 aromatic rings. The fraction of sp³-hybridized carbons (Fsp3) is 0.625. The minimum absolute atomic E-state index is 0.0142. The van der Waals surface area contributed by atoms with Crippen molar-refractivity contribution in [2.75, 3.05) is 6.54 Å². The van der Waals surface area contributed by atoms with Crippen molar-refractivity contribution >= 4 is 23.7 Å². The number of hydrogen-bond acceptors (Lipinski definition) is 7. The zero-order chi connectivity index (χ0) is 28.1. The predicted octanol–water partition coefficient (Wildman–Crippen LogP) is 3.23. The second-order valence-corrected chi connectivity index (χ2v) is 9.42. The van der Waals surface area contributed by atoms with Crippen LogP contribution in [-0.4, -0.2) is 58.6 Å². The van der Waals surface area contributed by atoms with Crippen molar-refractivity contribution in [3.8, 4) is 0 Å². The maximum absolute atomic E-state index is 13.7. The summed E-state index contributed by atoms with van der Waals surface area (Å²) in [5, 5.41) is 8.50. The first-order chi connectivity index (χ1) is 17.2. The molecule has 0 aromatic carbocycles. The monoisotopic (exact) mass is 530 g/mol. The van der Waals surface area contributed by atoms with E-state index in [-0.39, 0.29) is 31.0 Å². The normalized spacial score (nSPS) is 17.5. The van der Waals surface area contributed by atoms with Gasteiger partial charge in [0.1, 0.15) is 17.8 Å². The summed E-state index contributed by atoms with van der Waals surface area (Å²) < 4.78 is 50.6. The van der Waals surface area contributed by atoms with E-state index in [4.69, 9.17) is 4.52 Å². The number of amides is 3. The second kappa shape index (κ2) is 12.2. The Balaban J connectivity index is 2.29. The molecule has 37 heavy (non-hydrogen) atoms. The molecular weight excluding hydrogens is 497 g/mol. The average molecular weight is 531 g/mol. The molecule has 2 rings (SSSR count). The maximum Gasteiger partial charge on any atom is 0.451 e. The van der Waals surface area contributed by atoms with E-state index in [1.165, 1.54) is 31.7 Å². The summed E-state index contributed by atoms with van der Waals surface area (Å²) in [6.07, 6.45) is -4.68. The van der Waals surface area contributed by atoms with Crippen molar-refractivity contribution in [3.63, 3.8) is 0 Å². The predicted molar refractivity (Wildman–Crippen MR) is 125 cm³/mol. The van der Waals surface area contributed by atoms with Crippen LogP contribution in [0.25, 0.3) is 0 Å². The zero-order valence-corrected chi connectivity index (χ0v) is 21.7. The van der Waals surface area contributed by atoms with Crippen molar-refractivity contribution in [3.05, 3.63) is 29.0 Å². The highest BCUT2D eigenvalue weighted by Gasteiger charge is 2.43. The van der Waals surface area contributed by atoms with Gasteiger partial charge in [-0.05, 0) is 31.6 Å². The van der Waals surface area contributed by atoms with Gasteiger partial charge in [0.15, 0.2) is 5.69 Å². The van der Waals surface area contributed by atoms with E-state index in [0.29, 0.717) is 12.2 Å². The number of aryl methyl sites for hydroxylation is 1. The number of aromatic nitrogens is 1. The number of nitrogens with one attached hydrogen (secondary N) is 2. The molecule has 0 bridgehead atoms. The first-order valence-electron chi connectivity index (χ1n) is 12.0. The number of halogens is 3. The number of hydrogen-bond donors (Lipinski definition) is 2. The number of esters is 1. The second-order valence-electron chi connectivity index (χ2n) is 9.42. The van der Waals surface area contributed by atoms with Crippen LogP contribution in [0.4, 0.5) is 13.2 Å². The Morgan fingerprint density at radius 3 is 2.35 bits per heavy atom. The Bertz CT molecular complexity index is 1050. The van der Waals surface area contributed by atoms with E-state index in [1.54, 1.807) is 20.8 Å². The number of allylic oxidation sites excluding steroid dienone is 2. The van der Waals surface area contributed by atoms with Gasteiger partial charge in [-0.3, -0.25) is 19.2 Å². The number of alkyl halides is 3. The zero-order valence-electron chi connectivity index (χ0n) is 21.7. The minimum Gasteiger partial charge on any atom is -0.419 e. The van der Waals surface area contributed by atoms with Crippen molar-refractivity contribution in [1.29, 1.82) is 0 Å². The molecular formula is C24H33F3N4O6. The molecule has 2 N–H and O–H groups in total. The lowest BCUT2D eigenvalue weighted by Gasteiger charge is -2.31. The van der Waals surface area contributed by atoms with Crippen LogP contribution in [0.5, 0.6) is 0 Å². The summed E-state index contributed by atoms with van der Waals surface area (Å²) in [6, 6.07) is -0.688. The van der Waals surface area contributed by atoms with Crippen LogP contribution in [0, 0.1) is 18.8 Å². The van der Waals surface area contributed by atoms with Crippen LogP contribution >= 0.6 is 0 Å². The van der Waals surface area contributed by atoms with Crippen molar-refractivity contribution in [1.82, 2.24) is 20.7 Å². The molecule has 1 aliphatic heterocycles. The summed E-state index contributed by atoms with van der Waals surface area (Å²) in [5.74, 6) is -5.54. The molecule has 0 unspecified atom stereocenters. The molecule has 206 valence electrons. The first kappa shape index (κ1) is 29.8. The van der Waals surface area contributed by atoms with Crippen LogP contribution in [-0.2, 0) is 19.1 Å². The highest BCUT2D eigenvalue weighted by atomic mass is 19.4. The van der Waals surface area contributed by atoms with Crippen molar-refractivity contribution in [2.24, 2.45) is 11.8 Å². The minimum atomic E-state index is -5.03. The Morgan fingerprint density at radius 2 is 1.86 bits per heavy atom. The summed E-state index contributed by atoms with van der Waals surface area (Å²) >= 11 is 0. The summed E-state index contributed by atoms with van der Waals surface area (Å²) in [5.41, 5.74) is -0.617. The number of carbonyl (C=O) groups is 4. The molecule has 1 aliphatic rings. The van der Waals surface area contributed by atoms with Gasteiger partial charge in [0.05, 0.1) is 5.70 Å². The fourth-order valence-corrected chi connectivity index (χ4v) is 3.81. The molecule has 2 heterocycles. The topological polar surface area (TPSA) is 131 Å². The summed E-state index contributed by atoms with van der Waals surface area (Å²) in [4.78, 5) is 52.0. The molecule has 2 atom stereocenters. The lowest BCUT2D eigenvalue weighted by Crippen LogP contribution is -2.55. The third-order valence-corrected chi connectivity index (χ3v) is 5.76. The Kier molecular flexibility index (Phi) is 9.87. The van der Waals surface area contributed by atoms with E-state index in [2.05, 4.69) is 20.5 Å². The number of rotatable bonds is 9. The quantitative estimate of drug-likeness (QED) is 0.370. The fourth-order valence-electron chi connectivity index (χ4n) is 3.81. The molecule has 1 saturated heterocycles. The van der Waals surface area contributed by atoms with Crippen molar-refractivity contribution < 1.29 is 41.6 Å².